The number of carbonyl (C=O) groups excluding carboxylic acids is 1. The first kappa shape index (κ1) is 16.2. The molecule has 1 amide bonds. The van der Waals surface area contributed by atoms with Crippen molar-refractivity contribution in [3.8, 4) is 5.75 Å². The first-order valence-electron chi connectivity index (χ1n) is 7.91. The Morgan fingerprint density at radius 3 is 3.04 bits per heavy atom. The van der Waals surface area contributed by atoms with Crippen LogP contribution in [0.1, 0.15) is 21.4 Å². The summed E-state index contributed by atoms with van der Waals surface area (Å²) < 4.78 is 5.89. The summed E-state index contributed by atoms with van der Waals surface area (Å²) in [4.78, 5) is 17.3. The van der Waals surface area contributed by atoms with E-state index in [1.165, 1.54) is 4.88 Å². The topological polar surface area (TPSA) is 51.2 Å². The van der Waals surface area contributed by atoms with Gasteiger partial charge in [-0.15, -0.1) is 23.1 Å². The van der Waals surface area contributed by atoms with Crippen LogP contribution in [0.4, 0.5) is 5.69 Å². The highest BCUT2D eigenvalue weighted by Gasteiger charge is 2.25. The summed E-state index contributed by atoms with van der Waals surface area (Å²) in [6, 6.07) is 15.8. The number of thioether (sulfide) groups is 1. The van der Waals surface area contributed by atoms with Crippen LogP contribution in [-0.4, -0.2) is 16.6 Å². The SMILES string of the molecule is O=C1CSC(c2cccc(OCc3ccccn3)c2)c2sccc2N1. The molecule has 1 aromatic carbocycles. The zero-order chi connectivity index (χ0) is 17.1. The zero-order valence-electron chi connectivity index (χ0n) is 13.3. The smallest absolute Gasteiger partial charge is 0.234 e. The van der Waals surface area contributed by atoms with Gasteiger partial charge in [-0.25, -0.2) is 0 Å². The van der Waals surface area contributed by atoms with Crippen LogP contribution in [0.25, 0.3) is 0 Å². The van der Waals surface area contributed by atoms with Gasteiger partial charge in [0.2, 0.25) is 5.91 Å². The number of hydrogen-bond acceptors (Lipinski definition) is 5. The third-order valence-corrected chi connectivity index (χ3v) is 6.26. The molecule has 126 valence electrons. The molecule has 1 atom stereocenters. The Morgan fingerprint density at radius 1 is 1.20 bits per heavy atom. The van der Waals surface area contributed by atoms with E-state index in [0.717, 1.165) is 22.7 Å². The first-order valence-corrected chi connectivity index (χ1v) is 9.84. The highest BCUT2D eigenvalue weighted by molar-refractivity contribution is 8.00. The van der Waals surface area contributed by atoms with E-state index in [1.54, 1.807) is 29.3 Å². The average Bonchev–Trinajstić information content (AvgIpc) is 3.03. The summed E-state index contributed by atoms with van der Waals surface area (Å²) >= 11 is 3.32. The molecule has 3 heterocycles. The molecule has 0 spiro atoms. The van der Waals surface area contributed by atoms with Crippen LogP contribution < -0.4 is 10.1 Å². The number of rotatable bonds is 4. The Kier molecular flexibility index (Phi) is 4.72. The predicted octanol–water partition coefficient (Wildman–Crippen LogP) is 4.50. The molecule has 2 aromatic heterocycles. The van der Waals surface area contributed by atoms with Crippen LogP contribution in [0, 0.1) is 0 Å². The molecule has 0 aliphatic carbocycles. The number of thiophene rings is 1. The van der Waals surface area contributed by atoms with Crippen LogP contribution in [0.5, 0.6) is 5.75 Å². The number of hydrogen-bond donors (Lipinski definition) is 1. The third kappa shape index (κ3) is 3.70. The van der Waals surface area contributed by atoms with Gasteiger partial charge < -0.3 is 10.1 Å². The Hall–Kier alpha value is -2.31. The van der Waals surface area contributed by atoms with Gasteiger partial charge in [-0.1, -0.05) is 18.2 Å². The number of anilines is 1. The quantitative estimate of drug-likeness (QED) is 0.737. The molecule has 1 unspecified atom stereocenters. The highest BCUT2D eigenvalue weighted by atomic mass is 32.2. The molecular formula is C19H16N2O2S2. The fourth-order valence-corrected chi connectivity index (χ4v) is 4.94. The van der Waals surface area contributed by atoms with Gasteiger partial charge in [0.1, 0.15) is 12.4 Å². The van der Waals surface area contributed by atoms with Crippen molar-refractivity contribution in [2.24, 2.45) is 0 Å². The van der Waals surface area contributed by atoms with E-state index >= 15 is 0 Å². The number of ether oxygens (including phenoxy) is 1. The van der Waals surface area contributed by atoms with Crippen molar-refractivity contribution in [1.29, 1.82) is 0 Å². The number of amides is 1. The number of fused-ring (bicyclic) bond motifs is 1. The summed E-state index contributed by atoms with van der Waals surface area (Å²) in [7, 11) is 0. The molecule has 6 heteroatoms. The minimum Gasteiger partial charge on any atom is -0.487 e. The van der Waals surface area contributed by atoms with Crippen molar-refractivity contribution < 1.29 is 9.53 Å². The highest BCUT2D eigenvalue weighted by Crippen LogP contribution is 2.44. The van der Waals surface area contributed by atoms with Crippen molar-refractivity contribution in [3.63, 3.8) is 0 Å². The van der Waals surface area contributed by atoms with E-state index < -0.39 is 0 Å². The third-order valence-electron chi connectivity index (χ3n) is 3.86. The molecular weight excluding hydrogens is 352 g/mol. The molecule has 0 fully saturated rings. The minimum absolute atomic E-state index is 0.0507. The molecule has 0 saturated heterocycles. The normalized spacial score (nSPS) is 16.6. The summed E-state index contributed by atoms with van der Waals surface area (Å²) in [6.45, 7) is 0.437. The standard InChI is InChI=1S/C19H16N2O2S2/c22-17-12-25-18(19-16(21-17)7-9-24-19)13-4-3-6-15(10-13)23-11-14-5-1-2-8-20-14/h1-10,18H,11-12H2,(H,21,22). The monoisotopic (exact) mass is 368 g/mol. The molecule has 1 aliphatic heterocycles. The summed E-state index contributed by atoms with van der Waals surface area (Å²) in [5, 5.41) is 5.13. The predicted molar refractivity (Wildman–Crippen MR) is 102 cm³/mol. The molecule has 25 heavy (non-hydrogen) atoms. The molecule has 4 nitrogen and oxygen atoms in total. The number of carbonyl (C=O) groups is 1. The summed E-state index contributed by atoms with van der Waals surface area (Å²) in [5.74, 6) is 1.31. The van der Waals surface area contributed by atoms with Gasteiger partial charge in [0.05, 0.1) is 22.4 Å². The van der Waals surface area contributed by atoms with Gasteiger partial charge in [-0.2, -0.15) is 0 Å². The van der Waals surface area contributed by atoms with Gasteiger partial charge in [-0.3, -0.25) is 9.78 Å². The van der Waals surface area contributed by atoms with Gasteiger partial charge in [0, 0.05) is 11.1 Å². The Bertz CT molecular complexity index is 880. The average molecular weight is 368 g/mol. The second-order valence-electron chi connectivity index (χ2n) is 5.62. The van der Waals surface area contributed by atoms with Crippen LogP contribution in [0.3, 0.4) is 0 Å². The van der Waals surface area contributed by atoms with E-state index in [1.807, 2.05) is 41.8 Å². The number of pyridine rings is 1. The number of aromatic nitrogens is 1. The molecule has 3 aromatic rings. The van der Waals surface area contributed by atoms with E-state index in [4.69, 9.17) is 4.74 Å². The maximum atomic E-state index is 11.9. The van der Waals surface area contributed by atoms with Gasteiger partial charge >= 0.3 is 0 Å². The first-order chi connectivity index (χ1) is 12.3. The van der Waals surface area contributed by atoms with Crippen molar-refractivity contribution in [2.45, 2.75) is 11.9 Å². The molecule has 0 bridgehead atoms. The van der Waals surface area contributed by atoms with Gasteiger partial charge in [0.15, 0.2) is 0 Å². The molecule has 0 radical (unpaired) electrons. The molecule has 0 saturated carbocycles. The van der Waals surface area contributed by atoms with Crippen molar-refractivity contribution >= 4 is 34.7 Å². The van der Waals surface area contributed by atoms with Crippen LogP contribution in [-0.2, 0) is 11.4 Å². The number of benzene rings is 1. The van der Waals surface area contributed by atoms with E-state index in [2.05, 4.69) is 22.4 Å². The maximum absolute atomic E-state index is 11.9. The second kappa shape index (κ2) is 7.29. The number of nitrogens with zero attached hydrogens (tertiary/aromatic N) is 1. The zero-order valence-corrected chi connectivity index (χ0v) is 15.0. The Labute approximate surface area is 154 Å². The Balaban J connectivity index is 1.56. The van der Waals surface area contributed by atoms with Crippen LogP contribution >= 0.6 is 23.1 Å². The van der Waals surface area contributed by atoms with E-state index in [0.29, 0.717) is 12.4 Å². The van der Waals surface area contributed by atoms with Crippen molar-refractivity contribution in [3.05, 3.63) is 76.2 Å². The van der Waals surface area contributed by atoms with Crippen molar-refractivity contribution in [2.75, 3.05) is 11.1 Å². The lowest BCUT2D eigenvalue weighted by Gasteiger charge is -2.15. The van der Waals surface area contributed by atoms with Crippen molar-refractivity contribution in [1.82, 2.24) is 4.98 Å². The Morgan fingerprint density at radius 2 is 2.16 bits per heavy atom. The lowest BCUT2D eigenvalue weighted by atomic mass is 10.1. The van der Waals surface area contributed by atoms with Crippen LogP contribution in [0.2, 0.25) is 0 Å². The molecule has 1 aliphatic rings. The largest absolute Gasteiger partial charge is 0.487 e. The maximum Gasteiger partial charge on any atom is 0.234 e. The molecule has 4 rings (SSSR count). The lowest BCUT2D eigenvalue weighted by molar-refractivity contribution is -0.113. The van der Waals surface area contributed by atoms with E-state index in [-0.39, 0.29) is 11.2 Å². The summed E-state index contributed by atoms with van der Waals surface area (Å²) in [6.07, 6.45) is 1.76. The fourth-order valence-electron chi connectivity index (χ4n) is 2.70. The second-order valence-corrected chi connectivity index (χ2v) is 7.66. The van der Waals surface area contributed by atoms with E-state index in [9.17, 15) is 4.79 Å². The molecule has 1 N–H and O–H groups in total. The van der Waals surface area contributed by atoms with Gasteiger partial charge in [0.25, 0.3) is 0 Å². The van der Waals surface area contributed by atoms with Gasteiger partial charge in [-0.05, 0) is 41.3 Å². The fraction of sp³-hybridized carbons (Fsp3) is 0.158. The van der Waals surface area contributed by atoms with Crippen LogP contribution in [0.15, 0.2) is 60.1 Å². The summed E-state index contributed by atoms with van der Waals surface area (Å²) in [5.41, 5.74) is 2.96. The number of nitrogens with one attached hydrogen (secondary N) is 1. The lowest BCUT2D eigenvalue weighted by Crippen LogP contribution is -2.11. The minimum atomic E-state index is 0.0507.